The van der Waals surface area contributed by atoms with Gasteiger partial charge in [0.15, 0.2) is 4.90 Å². The lowest BCUT2D eigenvalue weighted by Crippen LogP contribution is -2.15. The summed E-state index contributed by atoms with van der Waals surface area (Å²) in [6.07, 6.45) is -4.80. The van der Waals surface area contributed by atoms with Crippen molar-refractivity contribution in [3.8, 4) is 0 Å². The molecule has 6 nitrogen and oxygen atoms in total. The number of hydrogen-bond donors (Lipinski definition) is 1. The molecule has 0 saturated heterocycles. The minimum atomic E-state index is -4.80. The summed E-state index contributed by atoms with van der Waals surface area (Å²) in [6.45, 7) is 0. The molecule has 0 aromatic heterocycles. The van der Waals surface area contributed by atoms with E-state index in [1.807, 2.05) is 0 Å². The molecule has 0 atom stereocenters. The van der Waals surface area contributed by atoms with Gasteiger partial charge in [0.05, 0.1) is 10.5 Å². The summed E-state index contributed by atoms with van der Waals surface area (Å²) in [5, 5.41) is 15.1. The fourth-order valence-electron chi connectivity index (χ4n) is 1.08. The maximum atomic E-state index is 12.3. The third kappa shape index (κ3) is 2.91. The van der Waals surface area contributed by atoms with E-state index in [2.05, 4.69) is 5.14 Å². The summed E-state index contributed by atoms with van der Waals surface area (Å²) in [5.74, 6) is 0. The lowest BCUT2D eigenvalue weighted by Gasteiger charge is -2.07. The van der Waals surface area contributed by atoms with Crippen LogP contribution in [0.4, 0.5) is 18.9 Å². The fourth-order valence-corrected chi connectivity index (χ4v) is 1.76. The first-order valence-corrected chi connectivity index (χ1v) is 5.46. The number of primary sulfonamides is 1. The van der Waals surface area contributed by atoms with E-state index < -0.39 is 37.3 Å². The van der Waals surface area contributed by atoms with Crippen LogP contribution >= 0.6 is 0 Å². The molecule has 0 spiro atoms. The Morgan fingerprint density at radius 1 is 1.29 bits per heavy atom. The largest absolute Gasteiger partial charge is 0.416 e. The van der Waals surface area contributed by atoms with Crippen molar-refractivity contribution in [2.24, 2.45) is 5.14 Å². The molecule has 0 aliphatic rings. The highest BCUT2D eigenvalue weighted by atomic mass is 32.2. The van der Waals surface area contributed by atoms with Crippen molar-refractivity contribution in [3.63, 3.8) is 0 Å². The van der Waals surface area contributed by atoms with E-state index >= 15 is 0 Å². The molecule has 1 aromatic rings. The van der Waals surface area contributed by atoms with Crippen molar-refractivity contribution in [3.05, 3.63) is 33.9 Å². The Morgan fingerprint density at radius 2 is 1.82 bits per heavy atom. The fraction of sp³-hybridized carbons (Fsp3) is 0.143. The average Bonchev–Trinajstić information content (AvgIpc) is 2.14. The third-order valence-electron chi connectivity index (χ3n) is 1.79. The van der Waals surface area contributed by atoms with Crippen LogP contribution in [0.5, 0.6) is 0 Å². The van der Waals surface area contributed by atoms with Gasteiger partial charge < -0.3 is 0 Å². The second-order valence-electron chi connectivity index (χ2n) is 2.98. The molecule has 1 rings (SSSR count). The Kier molecular flexibility index (Phi) is 3.12. The normalized spacial score (nSPS) is 12.5. The van der Waals surface area contributed by atoms with Gasteiger partial charge in [-0.2, -0.15) is 13.2 Å². The highest BCUT2D eigenvalue weighted by molar-refractivity contribution is 7.89. The molecule has 0 bridgehead atoms. The first-order valence-electron chi connectivity index (χ1n) is 3.92. The summed E-state index contributed by atoms with van der Waals surface area (Å²) < 4.78 is 58.6. The smallest absolute Gasteiger partial charge is 0.258 e. The van der Waals surface area contributed by atoms with E-state index in [1.165, 1.54) is 0 Å². The molecule has 0 aliphatic heterocycles. The number of nitro groups is 1. The second-order valence-corrected chi connectivity index (χ2v) is 4.51. The van der Waals surface area contributed by atoms with Gasteiger partial charge in [0.25, 0.3) is 5.69 Å². The van der Waals surface area contributed by atoms with E-state index in [0.29, 0.717) is 12.1 Å². The van der Waals surface area contributed by atoms with Crippen molar-refractivity contribution in [2.75, 3.05) is 0 Å². The number of hydrogen-bond acceptors (Lipinski definition) is 4. The number of rotatable bonds is 2. The minimum Gasteiger partial charge on any atom is -0.258 e. The quantitative estimate of drug-likeness (QED) is 0.645. The molecule has 0 unspecified atom stereocenters. The van der Waals surface area contributed by atoms with Crippen LogP contribution in [-0.4, -0.2) is 13.3 Å². The third-order valence-corrected chi connectivity index (χ3v) is 2.75. The molecular formula is C7H5F3N2O4S. The molecule has 17 heavy (non-hydrogen) atoms. The van der Waals surface area contributed by atoms with Gasteiger partial charge in [-0.25, -0.2) is 13.6 Å². The maximum Gasteiger partial charge on any atom is 0.416 e. The highest BCUT2D eigenvalue weighted by Gasteiger charge is 2.34. The van der Waals surface area contributed by atoms with E-state index in [1.54, 1.807) is 0 Å². The van der Waals surface area contributed by atoms with Gasteiger partial charge in [-0.1, -0.05) is 0 Å². The summed E-state index contributed by atoms with van der Waals surface area (Å²) in [6, 6.07) is 0.989. The van der Waals surface area contributed by atoms with Crippen LogP contribution in [0.25, 0.3) is 0 Å². The number of alkyl halides is 3. The van der Waals surface area contributed by atoms with Gasteiger partial charge in [0, 0.05) is 6.07 Å². The van der Waals surface area contributed by atoms with E-state index in [-0.39, 0.29) is 6.07 Å². The zero-order chi connectivity index (χ0) is 13.4. The second kappa shape index (κ2) is 3.96. The van der Waals surface area contributed by atoms with Crippen LogP contribution in [0.1, 0.15) is 5.56 Å². The molecule has 2 N–H and O–H groups in total. The molecule has 0 amide bonds. The topological polar surface area (TPSA) is 103 Å². The van der Waals surface area contributed by atoms with E-state index in [9.17, 15) is 31.7 Å². The first-order chi connectivity index (χ1) is 7.53. The van der Waals surface area contributed by atoms with Crippen LogP contribution in [0.3, 0.4) is 0 Å². The van der Waals surface area contributed by atoms with Gasteiger partial charge in [-0.3, -0.25) is 10.1 Å². The predicted molar refractivity (Wildman–Crippen MR) is 49.5 cm³/mol. The zero-order valence-electron chi connectivity index (χ0n) is 7.93. The number of halogens is 3. The van der Waals surface area contributed by atoms with E-state index in [4.69, 9.17) is 0 Å². The van der Waals surface area contributed by atoms with Gasteiger partial charge in [-0.15, -0.1) is 0 Å². The molecule has 0 heterocycles. The maximum absolute atomic E-state index is 12.3. The Bertz CT molecular complexity index is 567. The summed E-state index contributed by atoms with van der Waals surface area (Å²) in [7, 11) is -4.45. The molecule has 0 radical (unpaired) electrons. The van der Waals surface area contributed by atoms with Crippen molar-refractivity contribution < 1.29 is 26.5 Å². The first kappa shape index (κ1) is 13.4. The average molecular weight is 270 g/mol. The molecule has 94 valence electrons. The minimum absolute atomic E-state index is 0.125. The van der Waals surface area contributed by atoms with Gasteiger partial charge in [0.1, 0.15) is 0 Å². The SMILES string of the molecule is NS(=O)(=O)c1ccc(C(F)(F)F)cc1[N+](=O)[O-]. The Morgan fingerprint density at radius 3 is 2.18 bits per heavy atom. The van der Waals surface area contributed by atoms with Crippen LogP contribution in [-0.2, 0) is 16.2 Å². The zero-order valence-corrected chi connectivity index (χ0v) is 8.75. The monoisotopic (exact) mass is 270 g/mol. The molecule has 10 heteroatoms. The van der Waals surface area contributed by atoms with Gasteiger partial charge >= 0.3 is 6.18 Å². The number of nitrogens with zero attached hydrogens (tertiary/aromatic N) is 1. The van der Waals surface area contributed by atoms with Crippen molar-refractivity contribution in [2.45, 2.75) is 11.1 Å². The number of nitrogens with two attached hydrogens (primary N) is 1. The Hall–Kier alpha value is -1.68. The molecule has 1 aromatic carbocycles. The number of sulfonamides is 1. The van der Waals surface area contributed by atoms with E-state index in [0.717, 1.165) is 0 Å². The Balaban J connectivity index is 3.55. The van der Waals surface area contributed by atoms with Gasteiger partial charge in [0.2, 0.25) is 10.0 Å². The van der Waals surface area contributed by atoms with Crippen molar-refractivity contribution >= 4 is 15.7 Å². The summed E-state index contributed by atoms with van der Waals surface area (Å²) >= 11 is 0. The van der Waals surface area contributed by atoms with Gasteiger partial charge in [-0.05, 0) is 12.1 Å². The molecular weight excluding hydrogens is 265 g/mol. The van der Waals surface area contributed by atoms with Crippen LogP contribution in [0.15, 0.2) is 23.1 Å². The van der Waals surface area contributed by atoms with Crippen molar-refractivity contribution in [1.29, 1.82) is 0 Å². The lowest BCUT2D eigenvalue weighted by molar-refractivity contribution is -0.388. The molecule has 0 fully saturated rings. The lowest BCUT2D eigenvalue weighted by atomic mass is 10.2. The van der Waals surface area contributed by atoms with Crippen LogP contribution in [0.2, 0.25) is 0 Å². The molecule has 0 aliphatic carbocycles. The van der Waals surface area contributed by atoms with Crippen molar-refractivity contribution in [1.82, 2.24) is 0 Å². The number of benzene rings is 1. The predicted octanol–water partition coefficient (Wildman–Crippen LogP) is 1.26. The van der Waals surface area contributed by atoms with Crippen LogP contribution < -0.4 is 5.14 Å². The Labute approximate surface area is 93.0 Å². The summed E-state index contributed by atoms with van der Waals surface area (Å²) in [4.78, 5) is 8.26. The van der Waals surface area contributed by atoms with Crippen LogP contribution in [0, 0.1) is 10.1 Å². The standard InChI is InChI=1S/C7H5F3N2O4S/c8-7(9,10)4-1-2-6(17(11,15)16)5(3-4)12(13)14/h1-3H,(H2,11,15,16). The highest BCUT2D eigenvalue weighted by Crippen LogP contribution is 2.33. The molecule has 0 saturated carbocycles. The number of nitro benzene ring substituents is 1. The summed E-state index contributed by atoms with van der Waals surface area (Å²) in [5.41, 5.74) is -2.53.